The van der Waals surface area contributed by atoms with Crippen molar-refractivity contribution in [2.75, 3.05) is 12.4 Å². The number of hydrogen-bond acceptors (Lipinski definition) is 5. The molecule has 0 aliphatic rings. The van der Waals surface area contributed by atoms with Crippen LogP contribution in [0.5, 0.6) is 5.75 Å². The van der Waals surface area contributed by atoms with Crippen molar-refractivity contribution in [3.8, 4) is 28.6 Å². The predicted octanol–water partition coefficient (Wildman–Crippen LogP) is 4.66. The second kappa shape index (κ2) is 7.75. The number of carbonyl (C=O) groups excluding carboxylic acids is 1. The summed E-state index contributed by atoms with van der Waals surface area (Å²) in [6, 6.07) is 23.9. The first-order valence-corrected chi connectivity index (χ1v) is 8.68. The molecule has 138 valence electrons. The van der Waals surface area contributed by atoms with E-state index < -0.39 is 0 Å². The highest BCUT2D eigenvalue weighted by molar-refractivity contribution is 6.06. The summed E-state index contributed by atoms with van der Waals surface area (Å²) < 4.78 is 10.6. The lowest BCUT2D eigenvalue weighted by Crippen LogP contribution is -2.12. The summed E-state index contributed by atoms with van der Waals surface area (Å²) in [5.74, 6) is 1.23. The third-order valence-electron chi connectivity index (χ3n) is 4.20. The quantitative estimate of drug-likeness (QED) is 0.552. The largest absolute Gasteiger partial charge is 0.496 e. The second-order valence-corrected chi connectivity index (χ2v) is 6.02. The first kappa shape index (κ1) is 17.5. The molecule has 4 aromatic rings. The third-order valence-corrected chi connectivity index (χ3v) is 4.20. The van der Waals surface area contributed by atoms with Gasteiger partial charge in [-0.3, -0.25) is 4.79 Å². The fourth-order valence-electron chi connectivity index (χ4n) is 2.77. The standard InChI is InChI=1S/C22H17N3O3/c1-27-19-10-6-5-9-18(19)21(26)23-17-13-11-16(12-14-17)22-24-20(25-28-22)15-7-3-2-4-8-15/h2-14H,1H3,(H,23,26). The van der Waals surface area contributed by atoms with E-state index >= 15 is 0 Å². The first-order chi connectivity index (χ1) is 13.7. The number of ether oxygens (including phenoxy) is 1. The lowest BCUT2D eigenvalue weighted by molar-refractivity contribution is 0.102. The summed E-state index contributed by atoms with van der Waals surface area (Å²) in [6.07, 6.45) is 0. The van der Waals surface area contributed by atoms with Gasteiger partial charge in [0.25, 0.3) is 11.8 Å². The molecular formula is C22H17N3O3. The number of carbonyl (C=O) groups is 1. The smallest absolute Gasteiger partial charge is 0.259 e. The van der Waals surface area contributed by atoms with Crippen LogP contribution in [0.25, 0.3) is 22.8 Å². The van der Waals surface area contributed by atoms with Crippen molar-refractivity contribution in [3.63, 3.8) is 0 Å². The summed E-state index contributed by atoms with van der Waals surface area (Å²) >= 11 is 0. The van der Waals surface area contributed by atoms with Crippen LogP contribution in [0, 0.1) is 0 Å². The highest BCUT2D eigenvalue weighted by atomic mass is 16.5. The minimum Gasteiger partial charge on any atom is -0.496 e. The normalized spacial score (nSPS) is 10.5. The zero-order valence-corrected chi connectivity index (χ0v) is 15.1. The van der Waals surface area contributed by atoms with Crippen LogP contribution in [0.1, 0.15) is 10.4 Å². The maximum absolute atomic E-state index is 12.5. The zero-order valence-electron chi connectivity index (χ0n) is 15.1. The van der Waals surface area contributed by atoms with Crippen molar-refractivity contribution < 1.29 is 14.1 Å². The molecule has 28 heavy (non-hydrogen) atoms. The van der Waals surface area contributed by atoms with Crippen LogP contribution < -0.4 is 10.1 Å². The van der Waals surface area contributed by atoms with E-state index in [1.54, 1.807) is 30.3 Å². The predicted molar refractivity (Wildman–Crippen MR) is 106 cm³/mol. The minimum absolute atomic E-state index is 0.241. The summed E-state index contributed by atoms with van der Waals surface area (Å²) in [6.45, 7) is 0. The van der Waals surface area contributed by atoms with Crippen LogP contribution in [0.2, 0.25) is 0 Å². The number of aromatic nitrogens is 2. The van der Waals surface area contributed by atoms with Crippen molar-refractivity contribution in [3.05, 3.63) is 84.4 Å². The molecule has 0 radical (unpaired) electrons. The van der Waals surface area contributed by atoms with Crippen molar-refractivity contribution in [1.82, 2.24) is 10.1 Å². The number of para-hydroxylation sites is 1. The molecule has 3 aromatic carbocycles. The zero-order chi connectivity index (χ0) is 19.3. The third kappa shape index (κ3) is 3.61. The number of benzene rings is 3. The van der Waals surface area contributed by atoms with Gasteiger partial charge in [-0.2, -0.15) is 4.98 Å². The molecule has 0 saturated carbocycles. The van der Waals surface area contributed by atoms with Gasteiger partial charge in [-0.15, -0.1) is 0 Å². The number of amides is 1. The van der Waals surface area contributed by atoms with Gasteiger partial charge >= 0.3 is 0 Å². The number of nitrogens with zero attached hydrogens (tertiary/aromatic N) is 2. The Bertz CT molecular complexity index is 1090. The van der Waals surface area contributed by atoms with Gasteiger partial charge in [0.05, 0.1) is 12.7 Å². The number of anilines is 1. The Balaban J connectivity index is 1.50. The number of rotatable bonds is 5. The molecule has 0 unspecified atom stereocenters. The van der Waals surface area contributed by atoms with Gasteiger partial charge in [0.1, 0.15) is 5.75 Å². The molecule has 0 spiro atoms. The summed E-state index contributed by atoms with van der Waals surface area (Å²) in [5.41, 5.74) is 2.78. The molecule has 4 rings (SSSR count). The van der Waals surface area contributed by atoms with Crippen molar-refractivity contribution in [2.24, 2.45) is 0 Å². The molecule has 1 N–H and O–H groups in total. The number of nitrogens with one attached hydrogen (secondary N) is 1. The topological polar surface area (TPSA) is 77.2 Å². The fourth-order valence-corrected chi connectivity index (χ4v) is 2.77. The Morgan fingerprint density at radius 2 is 1.61 bits per heavy atom. The van der Waals surface area contributed by atoms with Crippen molar-refractivity contribution in [1.29, 1.82) is 0 Å². The van der Waals surface area contributed by atoms with Crippen molar-refractivity contribution >= 4 is 11.6 Å². The maximum atomic E-state index is 12.5. The highest BCUT2D eigenvalue weighted by Gasteiger charge is 2.13. The van der Waals surface area contributed by atoms with E-state index in [-0.39, 0.29) is 5.91 Å². The van der Waals surface area contributed by atoms with Crippen LogP contribution in [0.15, 0.2) is 83.4 Å². The SMILES string of the molecule is COc1ccccc1C(=O)Nc1ccc(-c2nc(-c3ccccc3)no2)cc1. The fraction of sp³-hybridized carbons (Fsp3) is 0.0455. The van der Waals surface area contributed by atoms with Crippen LogP contribution >= 0.6 is 0 Å². The van der Waals surface area contributed by atoms with Crippen LogP contribution in [-0.4, -0.2) is 23.2 Å². The van der Waals surface area contributed by atoms with Gasteiger partial charge in [-0.1, -0.05) is 47.6 Å². The minimum atomic E-state index is -0.241. The Hall–Kier alpha value is -3.93. The molecule has 1 aromatic heterocycles. The molecule has 0 fully saturated rings. The van der Waals surface area contributed by atoms with E-state index in [4.69, 9.17) is 9.26 Å². The van der Waals surface area contributed by atoms with E-state index in [0.717, 1.165) is 11.1 Å². The van der Waals surface area contributed by atoms with Crippen LogP contribution in [-0.2, 0) is 0 Å². The van der Waals surface area contributed by atoms with Gasteiger partial charge in [0.2, 0.25) is 5.82 Å². The van der Waals surface area contributed by atoms with Crippen LogP contribution in [0.4, 0.5) is 5.69 Å². The molecule has 0 atom stereocenters. The highest BCUT2D eigenvalue weighted by Crippen LogP contribution is 2.24. The van der Waals surface area contributed by atoms with E-state index in [1.807, 2.05) is 48.5 Å². The second-order valence-electron chi connectivity index (χ2n) is 6.02. The molecule has 0 saturated heterocycles. The van der Waals surface area contributed by atoms with E-state index in [1.165, 1.54) is 7.11 Å². The lowest BCUT2D eigenvalue weighted by atomic mass is 10.1. The molecule has 1 amide bonds. The van der Waals surface area contributed by atoms with Gasteiger partial charge in [-0.25, -0.2) is 0 Å². The molecule has 6 heteroatoms. The van der Waals surface area contributed by atoms with Gasteiger partial charge in [0, 0.05) is 16.8 Å². The Kier molecular flexibility index (Phi) is 4.84. The molecule has 0 aliphatic heterocycles. The monoisotopic (exact) mass is 371 g/mol. The van der Waals surface area contributed by atoms with Gasteiger partial charge in [0.15, 0.2) is 0 Å². The van der Waals surface area contributed by atoms with Gasteiger partial charge in [-0.05, 0) is 36.4 Å². The molecule has 1 heterocycles. The lowest BCUT2D eigenvalue weighted by Gasteiger charge is -2.09. The average molecular weight is 371 g/mol. The Morgan fingerprint density at radius 3 is 2.36 bits per heavy atom. The maximum Gasteiger partial charge on any atom is 0.259 e. The van der Waals surface area contributed by atoms with Crippen molar-refractivity contribution in [2.45, 2.75) is 0 Å². The Morgan fingerprint density at radius 1 is 0.893 bits per heavy atom. The first-order valence-electron chi connectivity index (χ1n) is 8.68. The number of methoxy groups -OCH3 is 1. The summed E-state index contributed by atoms with van der Waals surface area (Å²) in [5, 5.41) is 6.88. The van der Waals surface area contributed by atoms with E-state index in [9.17, 15) is 4.79 Å². The molecule has 0 aliphatic carbocycles. The molecule has 0 bridgehead atoms. The molecular weight excluding hydrogens is 354 g/mol. The van der Waals surface area contributed by atoms with E-state index in [0.29, 0.717) is 28.7 Å². The average Bonchev–Trinajstić information content (AvgIpc) is 3.25. The van der Waals surface area contributed by atoms with Gasteiger partial charge < -0.3 is 14.6 Å². The van der Waals surface area contributed by atoms with Crippen LogP contribution in [0.3, 0.4) is 0 Å². The Labute approximate surface area is 161 Å². The summed E-state index contributed by atoms with van der Waals surface area (Å²) in [4.78, 5) is 16.9. The molecule has 6 nitrogen and oxygen atoms in total. The number of hydrogen-bond donors (Lipinski definition) is 1. The van der Waals surface area contributed by atoms with E-state index in [2.05, 4.69) is 15.5 Å². The summed E-state index contributed by atoms with van der Waals surface area (Å²) in [7, 11) is 1.54.